The lowest BCUT2D eigenvalue weighted by atomic mass is 10.1. The number of halogens is 1. The van der Waals surface area contributed by atoms with Gasteiger partial charge in [0.05, 0.1) is 19.3 Å². The zero-order valence-corrected chi connectivity index (χ0v) is 14.2. The van der Waals surface area contributed by atoms with Crippen molar-refractivity contribution in [1.29, 1.82) is 0 Å². The molecule has 0 fully saturated rings. The molecule has 116 valence electrons. The predicted octanol–water partition coefficient (Wildman–Crippen LogP) is 3.76. The van der Waals surface area contributed by atoms with Crippen molar-refractivity contribution in [3.8, 4) is 11.5 Å². The SMILES string of the molecule is COc1c(C)cnc(CNC(=O)Oc2cccc(Br)c2)c1C. The van der Waals surface area contributed by atoms with Gasteiger partial charge in [-0.05, 0) is 32.0 Å². The molecule has 2 rings (SSSR count). The average molecular weight is 365 g/mol. The van der Waals surface area contributed by atoms with E-state index >= 15 is 0 Å². The van der Waals surface area contributed by atoms with Crippen molar-refractivity contribution in [2.24, 2.45) is 0 Å². The van der Waals surface area contributed by atoms with Crippen molar-refractivity contribution in [1.82, 2.24) is 10.3 Å². The van der Waals surface area contributed by atoms with Gasteiger partial charge < -0.3 is 14.8 Å². The maximum absolute atomic E-state index is 11.8. The third-order valence-electron chi connectivity index (χ3n) is 3.16. The summed E-state index contributed by atoms with van der Waals surface area (Å²) in [6.07, 6.45) is 1.20. The van der Waals surface area contributed by atoms with Gasteiger partial charge in [0, 0.05) is 21.8 Å². The van der Waals surface area contributed by atoms with Crippen molar-refractivity contribution in [3.05, 3.63) is 51.8 Å². The minimum atomic E-state index is -0.529. The Morgan fingerprint density at radius 3 is 2.82 bits per heavy atom. The van der Waals surface area contributed by atoms with Crippen LogP contribution in [-0.2, 0) is 6.54 Å². The number of hydrogen-bond donors (Lipinski definition) is 1. The van der Waals surface area contributed by atoms with Crippen LogP contribution >= 0.6 is 15.9 Å². The average Bonchev–Trinajstić information content (AvgIpc) is 2.47. The van der Waals surface area contributed by atoms with Gasteiger partial charge in [-0.15, -0.1) is 0 Å². The predicted molar refractivity (Wildman–Crippen MR) is 87.3 cm³/mol. The molecule has 0 radical (unpaired) electrons. The fraction of sp³-hybridized carbons (Fsp3) is 0.250. The normalized spacial score (nSPS) is 10.2. The Bertz CT molecular complexity index is 689. The standard InChI is InChI=1S/C16H17BrN2O3/c1-10-8-18-14(11(2)15(10)21-3)9-19-16(20)22-13-6-4-5-12(17)7-13/h4-8H,9H2,1-3H3,(H,19,20). The highest BCUT2D eigenvalue weighted by Crippen LogP contribution is 2.23. The van der Waals surface area contributed by atoms with Gasteiger partial charge in [-0.25, -0.2) is 4.79 Å². The van der Waals surface area contributed by atoms with Gasteiger partial charge in [0.1, 0.15) is 11.5 Å². The van der Waals surface area contributed by atoms with Crippen LogP contribution in [0.25, 0.3) is 0 Å². The lowest BCUT2D eigenvalue weighted by molar-refractivity contribution is 0.200. The van der Waals surface area contributed by atoms with E-state index in [1.54, 1.807) is 31.5 Å². The minimum absolute atomic E-state index is 0.273. The third kappa shape index (κ3) is 3.98. The second-order valence-electron chi connectivity index (χ2n) is 4.75. The fourth-order valence-electron chi connectivity index (χ4n) is 2.08. The third-order valence-corrected chi connectivity index (χ3v) is 3.65. The number of nitrogens with one attached hydrogen (secondary N) is 1. The van der Waals surface area contributed by atoms with Gasteiger partial charge in [0.15, 0.2) is 0 Å². The number of pyridine rings is 1. The zero-order valence-electron chi connectivity index (χ0n) is 12.6. The molecule has 6 heteroatoms. The fourth-order valence-corrected chi connectivity index (χ4v) is 2.46. The summed E-state index contributed by atoms with van der Waals surface area (Å²) in [5.41, 5.74) is 2.61. The number of amides is 1. The van der Waals surface area contributed by atoms with Gasteiger partial charge in [-0.1, -0.05) is 22.0 Å². The minimum Gasteiger partial charge on any atom is -0.496 e. The van der Waals surface area contributed by atoms with E-state index in [4.69, 9.17) is 9.47 Å². The van der Waals surface area contributed by atoms with Crippen molar-refractivity contribution in [3.63, 3.8) is 0 Å². The van der Waals surface area contributed by atoms with Crippen molar-refractivity contribution in [2.75, 3.05) is 7.11 Å². The smallest absolute Gasteiger partial charge is 0.412 e. The molecule has 1 N–H and O–H groups in total. The molecule has 1 amide bonds. The topological polar surface area (TPSA) is 60.5 Å². The highest BCUT2D eigenvalue weighted by atomic mass is 79.9. The number of hydrogen-bond acceptors (Lipinski definition) is 4. The van der Waals surface area contributed by atoms with Crippen LogP contribution in [0.15, 0.2) is 34.9 Å². The summed E-state index contributed by atoms with van der Waals surface area (Å²) in [4.78, 5) is 16.1. The first kappa shape index (κ1) is 16.3. The summed E-state index contributed by atoms with van der Waals surface area (Å²) in [6.45, 7) is 4.11. The summed E-state index contributed by atoms with van der Waals surface area (Å²) in [6, 6.07) is 7.08. The molecule has 0 saturated carbocycles. The van der Waals surface area contributed by atoms with Gasteiger partial charge in [-0.3, -0.25) is 4.98 Å². The Morgan fingerprint density at radius 2 is 2.14 bits per heavy atom. The van der Waals surface area contributed by atoms with Gasteiger partial charge >= 0.3 is 6.09 Å². The summed E-state index contributed by atoms with van der Waals surface area (Å²) in [5, 5.41) is 2.68. The molecule has 1 aromatic carbocycles. The van der Waals surface area contributed by atoms with E-state index in [1.807, 2.05) is 19.9 Å². The first-order valence-corrected chi connectivity index (χ1v) is 7.51. The van der Waals surface area contributed by atoms with Gasteiger partial charge in [-0.2, -0.15) is 0 Å². The molecule has 5 nitrogen and oxygen atoms in total. The van der Waals surface area contributed by atoms with Crippen LogP contribution in [0.5, 0.6) is 11.5 Å². The van der Waals surface area contributed by atoms with Crippen molar-refractivity contribution < 1.29 is 14.3 Å². The van der Waals surface area contributed by atoms with Crippen LogP contribution in [-0.4, -0.2) is 18.2 Å². The van der Waals surface area contributed by atoms with Crippen molar-refractivity contribution in [2.45, 2.75) is 20.4 Å². The van der Waals surface area contributed by atoms with E-state index < -0.39 is 6.09 Å². The molecule has 0 saturated heterocycles. The maximum atomic E-state index is 11.8. The van der Waals surface area contributed by atoms with E-state index in [0.29, 0.717) is 5.75 Å². The largest absolute Gasteiger partial charge is 0.496 e. The highest BCUT2D eigenvalue weighted by molar-refractivity contribution is 9.10. The van der Waals surface area contributed by atoms with E-state index in [0.717, 1.165) is 27.0 Å². The number of carbonyl (C=O) groups excluding carboxylic acids is 1. The molecular weight excluding hydrogens is 348 g/mol. The summed E-state index contributed by atoms with van der Waals surface area (Å²) in [7, 11) is 1.62. The Balaban J connectivity index is 2.00. The van der Waals surface area contributed by atoms with E-state index in [-0.39, 0.29) is 6.54 Å². The maximum Gasteiger partial charge on any atom is 0.412 e. The molecule has 1 heterocycles. The number of carbonyl (C=O) groups is 1. The number of nitrogens with zero attached hydrogens (tertiary/aromatic N) is 1. The number of ether oxygens (including phenoxy) is 2. The molecular formula is C16H17BrN2O3. The molecule has 0 bridgehead atoms. The molecule has 2 aromatic rings. The van der Waals surface area contributed by atoms with Crippen LogP contribution in [0.3, 0.4) is 0 Å². The highest BCUT2D eigenvalue weighted by Gasteiger charge is 2.11. The second kappa shape index (κ2) is 7.26. The van der Waals surface area contributed by atoms with E-state index in [1.165, 1.54) is 0 Å². The summed E-state index contributed by atoms with van der Waals surface area (Å²) in [5.74, 6) is 1.25. The van der Waals surface area contributed by atoms with Crippen LogP contribution in [0.1, 0.15) is 16.8 Å². The number of aromatic nitrogens is 1. The monoisotopic (exact) mass is 364 g/mol. The molecule has 0 spiro atoms. The van der Waals surface area contributed by atoms with Crippen LogP contribution in [0.4, 0.5) is 4.79 Å². The molecule has 0 atom stereocenters. The van der Waals surface area contributed by atoms with Crippen LogP contribution < -0.4 is 14.8 Å². The summed E-state index contributed by atoms with van der Waals surface area (Å²) < 4.78 is 11.4. The van der Waals surface area contributed by atoms with Crippen LogP contribution in [0.2, 0.25) is 0 Å². The Kier molecular flexibility index (Phi) is 5.38. The lowest BCUT2D eigenvalue weighted by Crippen LogP contribution is -2.27. The molecule has 22 heavy (non-hydrogen) atoms. The number of methoxy groups -OCH3 is 1. The Labute approximate surface area is 137 Å². The van der Waals surface area contributed by atoms with E-state index in [9.17, 15) is 4.79 Å². The number of rotatable bonds is 4. The first-order chi connectivity index (χ1) is 10.5. The Hall–Kier alpha value is -2.08. The molecule has 0 aliphatic heterocycles. The lowest BCUT2D eigenvalue weighted by Gasteiger charge is -2.12. The molecule has 0 aliphatic rings. The summed E-state index contributed by atoms with van der Waals surface area (Å²) >= 11 is 3.32. The van der Waals surface area contributed by atoms with Crippen molar-refractivity contribution >= 4 is 22.0 Å². The quantitative estimate of drug-likeness (QED) is 0.896. The van der Waals surface area contributed by atoms with Gasteiger partial charge in [0.2, 0.25) is 0 Å². The zero-order chi connectivity index (χ0) is 16.1. The molecule has 0 aliphatic carbocycles. The molecule has 1 aromatic heterocycles. The van der Waals surface area contributed by atoms with Crippen LogP contribution in [0, 0.1) is 13.8 Å². The number of aryl methyl sites for hydroxylation is 1. The first-order valence-electron chi connectivity index (χ1n) is 6.71. The number of benzene rings is 1. The molecule has 0 unspecified atom stereocenters. The Morgan fingerprint density at radius 1 is 1.36 bits per heavy atom. The van der Waals surface area contributed by atoms with Gasteiger partial charge in [0.25, 0.3) is 0 Å². The second-order valence-corrected chi connectivity index (χ2v) is 5.66. The van der Waals surface area contributed by atoms with E-state index in [2.05, 4.69) is 26.2 Å².